The van der Waals surface area contributed by atoms with Gasteiger partial charge in [0.15, 0.2) is 0 Å². The second-order valence-corrected chi connectivity index (χ2v) is 5.94. The van der Waals surface area contributed by atoms with E-state index >= 15 is 0 Å². The molecule has 0 spiro atoms. The van der Waals surface area contributed by atoms with Crippen LogP contribution in [0.3, 0.4) is 0 Å². The molecule has 1 heterocycles. The first-order valence-electron chi connectivity index (χ1n) is 5.67. The van der Waals surface area contributed by atoms with Crippen LogP contribution in [0.15, 0.2) is 23.4 Å². The van der Waals surface area contributed by atoms with Crippen molar-refractivity contribution >= 4 is 32.5 Å². The number of sulfone groups is 1. The Bertz CT molecular complexity index is 721. The van der Waals surface area contributed by atoms with Gasteiger partial charge in [0, 0.05) is 12.2 Å². The average molecular weight is 282 g/mol. The van der Waals surface area contributed by atoms with Crippen molar-refractivity contribution in [2.24, 2.45) is 0 Å². The van der Waals surface area contributed by atoms with Gasteiger partial charge in [0.1, 0.15) is 5.75 Å². The molecule has 2 aromatic rings. The Labute approximate surface area is 110 Å². The van der Waals surface area contributed by atoms with Crippen LogP contribution in [-0.2, 0) is 14.6 Å². The number of nitrogen functional groups attached to an aromatic ring is 1. The smallest absolute Gasteiger partial charge is 0.235 e. The number of carbonyl (C=O) groups is 1. The van der Waals surface area contributed by atoms with E-state index in [9.17, 15) is 13.2 Å². The molecule has 0 unspecified atom stereocenters. The number of carbonyl (C=O) groups excluding carboxylic acids is 1. The summed E-state index contributed by atoms with van der Waals surface area (Å²) in [7, 11) is -3.78. The molecule has 102 valence electrons. The lowest BCUT2D eigenvalue weighted by molar-refractivity contribution is -0.118. The Morgan fingerprint density at radius 2 is 2.21 bits per heavy atom. The quantitative estimate of drug-likeness (QED) is 0.685. The van der Waals surface area contributed by atoms with Crippen LogP contribution in [0, 0.1) is 0 Å². The van der Waals surface area contributed by atoms with Gasteiger partial charge in [-0.25, -0.2) is 13.4 Å². The zero-order valence-electron chi connectivity index (χ0n) is 10.3. The molecule has 1 aromatic heterocycles. The third-order valence-corrected chi connectivity index (χ3v) is 3.90. The fourth-order valence-electron chi connectivity index (χ4n) is 1.64. The summed E-state index contributed by atoms with van der Waals surface area (Å²) in [6.45, 7) is 2.10. The van der Waals surface area contributed by atoms with Gasteiger partial charge >= 0.3 is 0 Å². The second-order valence-electron chi connectivity index (χ2n) is 4.03. The van der Waals surface area contributed by atoms with Crippen LogP contribution in [0.2, 0.25) is 0 Å². The van der Waals surface area contributed by atoms with Crippen molar-refractivity contribution in [2.45, 2.75) is 12.1 Å². The van der Waals surface area contributed by atoms with E-state index in [1.54, 1.807) is 25.1 Å². The van der Waals surface area contributed by atoms with Crippen molar-refractivity contribution in [3.63, 3.8) is 0 Å². The molecule has 0 atom stereocenters. The fourth-order valence-corrected chi connectivity index (χ4v) is 2.73. The number of imidazole rings is 1. The van der Waals surface area contributed by atoms with Gasteiger partial charge in [0.25, 0.3) is 0 Å². The van der Waals surface area contributed by atoms with Crippen molar-refractivity contribution in [1.29, 1.82) is 0 Å². The molecule has 8 heteroatoms. The molecule has 1 aromatic carbocycles. The number of aromatic nitrogens is 2. The molecule has 0 bridgehead atoms. The van der Waals surface area contributed by atoms with Crippen LogP contribution in [0.5, 0.6) is 0 Å². The number of aromatic amines is 1. The maximum atomic E-state index is 12.0. The van der Waals surface area contributed by atoms with Crippen molar-refractivity contribution in [2.75, 3.05) is 18.0 Å². The number of nitrogens with zero attached hydrogens (tertiary/aromatic N) is 1. The first-order valence-corrected chi connectivity index (χ1v) is 7.32. The number of hydrogen-bond donors (Lipinski definition) is 3. The SMILES string of the molecule is CCNC(=O)CS(=O)(=O)c1nc2ccc(N)cc2[nH]1. The number of hydrogen-bond acceptors (Lipinski definition) is 5. The molecule has 0 radical (unpaired) electrons. The maximum Gasteiger partial charge on any atom is 0.235 e. The van der Waals surface area contributed by atoms with Gasteiger partial charge in [-0.05, 0) is 25.1 Å². The van der Waals surface area contributed by atoms with E-state index in [0.29, 0.717) is 23.3 Å². The Morgan fingerprint density at radius 1 is 1.47 bits per heavy atom. The molecular weight excluding hydrogens is 268 g/mol. The molecule has 4 N–H and O–H groups in total. The summed E-state index contributed by atoms with van der Waals surface area (Å²) in [5, 5.41) is 2.21. The number of nitrogens with one attached hydrogen (secondary N) is 2. The summed E-state index contributed by atoms with van der Waals surface area (Å²) in [5.41, 5.74) is 7.12. The van der Waals surface area contributed by atoms with Crippen LogP contribution in [-0.4, -0.2) is 36.6 Å². The van der Waals surface area contributed by atoms with E-state index in [-0.39, 0.29) is 5.16 Å². The van der Waals surface area contributed by atoms with Crippen LogP contribution < -0.4 is 11.1 Å². The number of benzene rings is 1. The van der Waals surface area contributed by atoms with Gasteiger partial charge in [-0.2, -0.15) is 0 Å². The molecule has 1 amide bonds. The molecule has 0 aliphatic carbocycles. The first-order chi connectivity index (χ1) is 8.92. The minimum absolute atomic E-state index is 0.223. The highest BCUT2D eigenvalue weighted by Crippen LogP contribution is 2.17. The normalized spacial score (nSPS) is 11.6. The summed E-state index contributed by atoms with van der Waals surface area (Å²) in [6, 6.07) is 4.84. The fraction of sp³-hybridized carbons (Fsp3) is 0.273. The lowest BCUT2D eigenvalue weighted by Gasteiger charge is -2.01. The number of fused-ring (bicyclic) bond motifs is 1. The molecule has 19 heavy (non-hydrogen) atoms. The summed E-state index contributed by atoms with van der Waals surface area (Å²) >= 11 is 0. The minimum atomic E-state index is -3.78. The van der Waals surface area contributed by atoms with Crippen molar-refractivity contribution in [3.8, 4) is 0 Å². The molecule has 7 nitrogen and oxygen atoms in total. The first kappa shape index (κ1) is 13.3. The lowest BCUT2D eigenvalue weighted by atomic mass is 10.3. The molecule has 0 aliphatic heterocycles. The van der Waals surface area contributed by atoms with Gasteiger partial charge in [0.05, 0.1) is 11.0 Å². The predicted molar refractivity (Wildman–Crippen MR) is 71.2 cm³/mol. The Morgan fingerprint density at radius 3 is 2.89 bits per heavy atom. The molecule has 0 saturated heterocycles. The molecule has 0 fully saturated rings. The van der Waals surface area contributed by atoms with Gasteiger partial charge in [-0.3, -0.25) is 4.79 Å². The molecule has 0 aliphatic rings. The third-order valence-electron chi connectivity index (χ3n) is 2.47. The van der Waals surface area contributed by atoms with Crippen LogP contribution in [0.4, 0.5) is 5.69 Å². The van der Waals surface area contributed by atoms with E-state index in [1.807, 2.05) is 0 Å². The summed E-state index contributed by atoms with van der Waals surface area (Å²) in [6.07, 6.45) is 0. The summed E-state index contributed by atoms with van der Waals surface area (Å²) < 4.78 is 24.0. The maximum absolute atomic E-state index is 12.0. The van der Waals surface area contributed by atoms with E-state index in [2.05, 4.69) is 15.3 Å². The molecular formula is C11H14N4O3S. The van der Waals surface area contributed by atoms with E-state index < -0.39 is 21.5 Å². The predicted octanol–water partition coefficient (Wildman–Crippen LogP) is 0.0549. The number of nitrogens with two attached hydrogens (primary N) is 1. The summed E-state index contributed by atoms with van der Waals surface area (Å²) in [4.78, 5) is 18.0. The molecule has 0 saturated carbocycles. The zero-order valence-corrected chi connectivity index (χ0v) is 11.1. The highest BCUT2D eigenvalue weighted by atomic mass is 32.2. The van der Waals surface area contributed by atoms with Crippen molar-refractivity contribution in [3.05, 3.63) is 18.2 Å². The van der Waals surface area contributed by atoms with Crippen LogP contribution in [0.25, 0.3) is 11.0 Å². The van der Waals surface area contributed by atoms with E-state index in [1.165, 1.54) is 0 Å². The highest BCUT2D eigenvalue weighted by molar-refractivity contribution is 7.91. The highest BCUT2D eigenvalue weighted by Gasteiger charge is 2.22. The van der Waals surface area contributed by atoms with Gasteiger partial charge in [0.2, 0.25) is 20.9 Å². The van der Waals surface area contributed by atoms with Crippen molar-refractivity contribution < 1.29 is 13.2 Å². The van der Waals surface area contributed by atoms with Crippen LogP contribution in [0.1, 0.15) is 6.92 Å². The summed E-state index contributed by atoms with van der Waals surface area (Å²) in [5.74, 6) is -1.18. The minimum Gasteiger partial charge on any atom is -0.399 e. The van der Waals surface area contributed by atoms with Crippen LogP contribution >= 0.6 is 0 Å². The standard InChI is InChI=1S/C11H14N4O3S/c1-2-13-10(16)6-19(17,18)11-14-8-4-3-7(12)5-9(8)15-11/h3-5H,2,6,12H2,1H3,(H,13,16)(H,14,15). The number of rotatable bonds is 4. The lowest BCUT2D eigenvalue weighted by Crippen LogP contribution is -2.30. The Hall–Kier alpha value is -2.09. The third kappa shape index (κ3) is 2.84. The van der Waals surface area contributed by atoms with Gasteiger partial charge in [-0.1, -0.05) is 0 Å². The zero-order chi connectivity index (χ0) is 14.0. The van der Waals surface area contributed by atoms with Gasteiger partial charge < -0.3 is 16.0 Å². The Balaban J connectivity index is 2.35. The monoisotopic (exact) mass is 282 g/mol. The Kier molecular flexibility index (Phi) is 3.43. The number of H-pyrrole nitrogens is 1. The number of anilines is 1. The van der Waals surface area contributed by atoms with Gasteiger partial charge in [-0.15, -0.1) is 0 Å². The molecule has 2 rings (SSSR count). The largest absolute Gasteiger partial charge is 0.399 e. The van der Waals surface area contributed by atoms with E-state index in [0.717, 1.165) is 0 Å². The van der Waals surface area contributed by atoms with E-state index in [4.69, 9.17) is 5.73 Å². The topological polar surface area (TPSA) is 118 Å². The second kappa shape index (κ2) is 4.88. The average Bonchev–Trinajstić information content (AvgIpc) is 2.72. The van der Waals surface area contributed by atoms with Crippen molar-refractivity contribution in [1.82, 2.24) is 15.3 Å². The number of amides is 1.